The van der Waals surface area contributed by atoms with Crippen molar-refractivity contribution in [2.75, 3.05) is 0 Å². The van der Waals surface area contributed by atoms with E-state index >= 15 is 0 Å². The number of carboxylic acids is 1. The van der Waals surface area contributed by atoms with Crippen molar-refractivity contribution in [1.29, 1.82) is 0 Å². The number of hydrogen-bond acceptors (Lipinski definition) is 3. The van der Waals surface area contributed by atoms with Gasteiger partial charge in [0.25, 0.3) is 0 Å². The van der Waals surface area contributed by atoms with Gasteiger partial charge >= 0.3 is 5.97 Å². The SMILES string of the molecule is CC(=Cc1cn(C2CCCCC2)c(-c2ccc(OCc3ccccc3)cc2)n1)C(=O)O. The molecule has 0 radical (unpaired) electrons. The Morgan fingerprint density at radius 2 is 1.81 bits per heavy atom. The Morgan fingerprint density at radius 3 is 2.48 bits per heavy atom. The molecular formula is C26H28N2O3. The Balaban J connectivity index is 1.58. The van der Waals surface area contributed by atoms with Crippen LogP contribution in [-0.2, 0) is 11.4 Å². The molecule has 3 aromatic rings. The van der Waals surface area contributed by atoms with Crippen molar-refractivity contribution in [2.24, 2.45) is 0 Å². The number of rotatable bonds is 7. The van der Waals surface area contributed by atoms with Crippen molar-refractivity contribution in [3.8, 4) is 17.1 Å². The second kappa shape index (κ2) is 9.65. The summed E-state index contributed by atoms with van der Waals surface area (Å²) in [4.78, 5) is 16.0. The summed E-state index contributed by atoms with van der Waals surface area (Å²) in [5, 5.41) is 9.23. The van der Waals surface area contributed by atoms with Gasteiger partial charge in [-0.05, 0) is 55.7 Å². The Bertz CT molecular complexity index is 1050. The maximum absolute atomic E-state index is 11.3. The first kappa shape index (κ1) is 20.9. The van der Waals surface area contributed by atoms with Gasteiger partial charge in [0.1, 0.15) is 18.2 Å². The first-order chi connectivity index (χ1) is 15.1. The van der Waals surface area contributed by atoms with Crippen molar-refractivity contribution in [3.05, 3.63) is 77.6 Å². The minimum atomic E-state index is -0.923. The average Bonchev–Trinajstić information content (AvgIpc) is 3.23. The van der Waals surface area contributed by atoms with E-state index in [9.17, 15) is 9.90 Å². The molecule has 0 bridgehead atoms. The third kappa shape index (κ3) is 5.23. The number of aromatic nitrogens is 2. The fourth-order valence-electron chi connectivity index (χ4n) is 4.06. The van der Waals surface area contributed by atoms with Gasteiger partial charge < -0.3 is 14.4 Å². The molecule has 160 valence electrons. The summed E-state index contributed by atoms with van der Waals surface area (Å²) in [7, 11) is 0. The zero-order valence-electron chi connectivity index (χ0n) is 17.8. The first-order valence-electron chi connectivity index (χ1n) is 10.9. The van der Waals surface area contributed by atoms with Gasteiger partial charge in [0, 0.05) is 23.4 Å². The molecule has 1 fully saturated rings. The fraction of sp³-hybridized carbons (Fsp3) is 0.308. The van der Waals surface area contributed by atoms with E-state index in [-0.39, 0.29) is 5.57 Å². The van der Waals surface area contributed by atoms with Gasteiger partial charge in [0.15, 0.2) is 0 Å². The standard InChI is InChI=1S/C26H28N2O3/c1-19(26(29)30)16-22-17-28(23-10-6-3-7-11-23)25(27-22)21-12-14-24(15-13-21)31-18-20-8-4-2-5-9-20/h2,4-5,8-9,12-17,23H,3,6-7,10-11,18H2,1H3,(H,29,30). The average molecular weight is 417 g/mol. The number of aliphatic carboxylic acids is 1. The third-order valence-corrected chi connectivity index (χ3v) is 5.78. The molecule has 0 saturated heterocycles. The molecule has 1 saturated carbocycles. The minimum absolute atomic E-state index is 0.282. The lowest BCUT2D eigenvalue weighted by Crippen LogP contribution is -2.13. The summed E-state index contributed by atoms with van der Waals surface area (Å²) >= 11 is 0. The molecule has 1 heterocycles. The van der Waals surface area contributed by atoms with Gasteiger partial charge in [-0.2, -0.15) is 0 Å². The molecule has 0 amide bonds. The fourth-order valence-corrected chi connectivity index (χ4v) is 4.06. The van der Waals surface area contributed by atoms with Crippen molar-refractivity contribution in [2.45, 2.75) is 51.7 Å². The number of benzene rings is 2. The normalized spacial score (nSPS) is 15.1. The molecule has 0 unspecified atom stereocenters. The van der Waals surface area contributed by atoms with Gasteiger partial charge in [-0.15, -0.1) is 0 Å². The van der Waals surface area contributed by atoms with Crippen LogP contribution in [0.15, 0.2) is 66.4 Å². The summed E-state index contributed by atoms with van der Waals surface area (Å²) in [6.07, 6.45) is 9.60. The quantitative estimate of drug-likeness (QED) is 0.471. The van der Waals surface area contributed by atoms with E-state index in [1.54, 1.807) is 13.0 Å². The van der Waals surface area contributed by atoms with Crippen LogP contribution in [0.2, 0.25) is 0 Å². The van der Waals surface area contributed by atoms with Crippen LogP contribution in [0.1, 0.15) is 56.3 Å². The Labute approximate surface area is 183 Å². The number of imidazole rings is 1. The summed E-state index contributed by atoms with van der Waals surface area (Å²) in [6, 6.07) is 18.5. The lowest BCUT2D eigenvalue weighted by molar-refractivity contribution is -0.132. The van der Waals surface area contributed by atoms with E-state index < -0.39 is 5.97 Å². The van der Waals surface area contributed by atoms with Crippen LogP contribution in [0.3, 0.4) is 0 Å². The molecule has 1 aromatic heterocycles. The number of nitrogens with zero attached hydrogens (tertiary/aromatic N) is 2. The molecule has 2 aromatic carbocycles. The highest BCUT2D eigenvalue weighted by atomic mass is 16.5. The maximum Gasteiger partial charge on any atom is 0.331 e. The van der Waals surface area contributed by atoms with E-state index in [1.807, 2.05) is 60.8 Å². The van der Waals surface area contributed by atoms with Gasteiger partial charge in [0.2, 0.25) is 0 Å². The highest BCUT2D eigenvalue weighted by Crippen LogP contribution is 2.33. The summed E-state index contributed by atoms with van der Waals surface area (Å²) in [6.45, 7) is 2.13. The molecule has 5 heteroatoms. The molecule has 1 N–H and O–H groups in total. The number of hydrogen-bond donors (Lipinski definition) is 1. The minimum Gasteiger partial charge on any atom is -0.489 e. The smallest absolute Gasteiger partial charge is 0.331 e. The van der Waals surface area contributed by atoms with Gasteiger partial charge in [-0.1, -0.05) is 49.6 Å². The molecule has 1 aliphatic carbocycles. The number of ether oxygens (including phenoxy) is 1. The van der Waals surface area contributed by atoms with E-state index in [1.165, 1.54) is 19.3 Å². The summed E-state index contributed by atoms with van der Waals surface area (Å²) in [5.41, 5.74) is 3.10. The van der Waals surface area contributed by atoms with E-state index in [0.717, 1.165) is 35.5 Å². The molecule has 4 rings (SSSR count). The van der Waals surface area contributed by atoms with E-state index in [0.29, 0.717) is 18.3 Å². The lowest BCUT2D eigenvalue weighted by Gasteiger charge is -2.24. The molecule has 5 nitrogen and oxygen atoms in total. The Morgan fingerprint density at radius 1 is 1.10 bits per heavy atom. The first-order valence-corrected chi connectivity index (χ1v) is 10.9. The molecule has 1 aliphatic rings. The summed E-state index contributed by atoms with van der Waals surface area (Å²) in [5.74, 6) is 0.768. The lowest BCUT2D eigenvalue weighted by atomic mass is 9.95. The van der Waals surface area contributed by atoms with Crippen molar-refractivity contribution < 1.29 is 14.6 Å². The second-order valence-electron chi connectivity index (χ2n) is 8.12. The van der Waals surface area contributed by atoms with Crippen molar-refractivity contribution in [3.63, 3.8) is 0 Å². The van der Waals surface area contributed by atoms with E-state index in [4.69, 9.17) is 9.72 Å². The van der Waals surface area contributed by atoms with Gasteiger partial charge in [-0.25, -0.2) is 9.78 Å². The van der Waals surface area contributed by atoms with Crippen LogP contribution in [-0.4, -0.2) is 20.6 Å². The van der Waals surface area contributed by atoms with Crippen molar-refractivity contribution in [1.82, 2.24) is 9.55 Å². The van der Waals surface area contributed by atoms with Crippen LogP contribution < -0.4 is 4.74 Å². The van der Waals surface area contributed by atoms with E-state index in [2.05, 4.69) is 4.57 Å². The molecular weight excluding hydrogens is 388 g/mol. The molecule has 0 spiro atoms. The topological polar surface area (TPSA) is 64.4 Å². The molecule has 31 heavy (non-hydrogen) atoms. The van der Waals surface area contributed by atoms with Crippen LogP contribution in [0.25, 0.3) is 17.5 Å². The Kier molecular flexibility index (Phi) is 6.51. The monoisotopic (exact) mass is 416 g/mol. The second-order valence-corrected chi connectivity index (χ2v) is 8.12. The van der Waals surface area contributed by atoms with Crippen LogP contribution in [0.5, 0.6) is 5.75 Å². The highest BCUT2D eigenvalue weighted by molar-refractivity contribution is 5.91. The maximum atomic E-state index is 11.3. The number of carbonyl (C=O) groups is 1. The van der Waals surface area contributed by atoms with Crippen LogP contribution in [0.4, 0.5) is 0 Å². The van der Waals surface area contributed by atoms with Crippen LogP contribution >= 0.6 is 0 Å². The zero-order valence-corrected chi connectivity index (χ0v) is 17.8. The predicted octanol–water partition coefficient (Wildman–Crippen LogP) is 6.12. The van der Waals surface area contributed by atoms with Gasteiger partial charge in [0.05, 0.1) is 5.69 Å². The number of carboxylic acid groups (broad SMARTS) is 1. The molecule has 0 atom stereocenters. The summed E-state index contributed by atoms with van der Waals surface area (Å²) < 4.78 is 8.15. The predicted molar refractivity (Wildman–Crippen MR) is 122 cm³/mol. The van der Waals surface area contributed by atoms with Crippen LogP contribution in [0, 0.1) is 0 Å². The van der Waals surface area contributed by atoms with Gasteiger partial charge in [-0.3, -0.25) is 0 Å². The zero-order chi connectivity index (χ0) is 21.6. The molecule has 0 aliphatic heterocycles. The Hall–Kier alpha value is -3.34. The highest BCUT2D eigenvalue weighted by Gasteiger charge is 2.20. The third-order valence-electron chi connectivity index (χ3n) is 5.78. The van der Waals surface area contributed by atoms with Crippen molar-refractivity contribution >= 4 is 12.0 Å². The largest absolute Gasteiger partial charge is 0.489 e.